The summed E-state index contributed by atoms with van der Waals surface area (Å²) in [6, 6.07) is 0.986. The maximum atomic E-state index is 10.8. The molecule has 7 heteroatoms. The number of aromatic nitrogens is 1. The molecule has 0 aliphatic carbocycles. The van der Waals surface area contributed by atoms with Crippen molar-refractivity contribution in [3.8, 4) is 0 Å². The van der Waals surface area contributed by atoms with E-state index in [0.29, 0.717) is 0 Å². The van der Waals surface area contributed by atoms with Crippen LogP contribution in [0.3, 0.4) is 0 Å². The summed E-state index contributed by atoms with van der Waals surface area (Å²) in [7, 11) is 1.17. The number of aromatic carboxylic acids is 1. The Morgan fingerprint density at radius 3 is 2.38 bits per heavy atom. The fourth-order valence-electron chi connectivity index (χ4n) is 0.907. The van der Waals surface area contributed by atoms with Crippen LogP contribution < -0.4 is 0 Å². The zero-order valence-corrected chi connectivity index (χ0v) is 8.11. The molecular weight excluding hydrogens is 218 g/mol. The zero-order chi connectivity index (χ0) is 10.2. The lowest BCUT2D eigenvalue weighted by molar-refractivity contribution is 0.0691. The molecule has 0 saturated heterocycles. The summed E-state index contributed by atoms with van der Waals surface area (Å²) in [5.41, 5.74) is 0.0177. The Morgan fingerprint density at radius 1 is 1.62 bits per heavy atom. The highest BCUT2D eigenvalue weighted by molar-refractivity contribution is 8.13. The Hall–Kier alpha value is -1.01. The van der Waals surface area contributed by atoms with Gasteiger partial charge in [0.05, 0.1) is 0 Å². The fourth-order valence-corrected chi connectivity index (χ4v) is 2.06. The number of carboxylic acid groups (broad SMARTS) is 1. The van der Waals surface area contributed by atoms with Crippen LogP contribution in [0.4, 0.5) is 0 Å². The second kappa shape index (κ2) is 3.04. The second-order valence-electron chi connectivity index (χ2n) is 2.42. The van der Waals surface area contributed by atoms with Crippen LogP contribution >= 0.6 is 10.7 Å². The van der Waals surface area contributed by atoms with Gasteiger partial charge in [-0.2, -0.15) is 0 Å². The molecular formula is C6H6ClNO4S. The Bertz CT molecular complexity index is 447. The largest absolute Gasteiger partial charge is 0.477 e. The summed E-state index contributed by atoms with van der Waals surface area (Å²) in [5.74, 6) is -1.23. The standard InChI is InChI=1S/C6H6ClNO4S/c1-3-5(13(7,11)12)2-4(8-3)6(9)10/h2,8H,1H3,(H,9,10). The molecule has 0 spiro atoms. The highest BCUT2D eigenvalue weighted by Crippen LogP contribution is 2.20. The van der Waals surface area contributed by atoms with E-state index in [1.54, 1.807) is 0 Å². The van der Waals surface area contributed by atoms with Gasteiger partial charge in [0, 0.05) is 16.4 Å². The topological polar surface area (TPSA) is 87.2 Å². The lowest BCUT2D eigenvalue weighted by Crippen LogP contribution is -1.95. The van der Waals surface area contributed by atoms with E-state index in [-0.39, 0.29) is 16.3 Å². The first kappa shape index (κ1) is 10.1. The number of nitrogens with one attached hydrogen (secondary N) is 1. The normalized spacial score (nSPS) is 11.5. The Morgan fingerprint density at radius 2 is 2.15 bits per heavy atom. The minimum absolute atomic E-state index is 0.197. The van der Waals surface area contributed by atoms with Crippen molar-refractivity contribution in [2.75, 3.05) is 0 Å². The summed E-state index contributed by atoms with van der Waals surface area (Å²) >= 11 is 0. The molecule has 1 aromatic rings. The van der Waals surface area contributed by atoms with E-state index in [9.17, 15) is 13.2 Å². The van der Waals surface area contributed by atoms with Gasteiger partial charge in [0.25, 0.3) is 9.05 Å². The quantitative estimate of drug-likeness (QED) is 0.731. The van der Waals surface area contributed by atoms with E-state index >= 15 is 0 Å². The number of carboxylic acids is 1. The van der Waals surface area contributed by atoms with E-state index in [0.717, 1.165) is 6.07 Å². The Balaban J connectivity index is 3.35. The van der Waals surface area contributed by atoms with Crippen LogP contribution in [0, 0.1) is 6.92 Å². The number of H-pyrrole nitrogens is 1. The van der Waals surface area contributed by atoms with Gasteiger partial charge in [-0.25, -0.2) is 13.2 Å². The third kappa shape index (κ3) is 2.02. The minimum Gasteiger partial charge on any atom is -0.477 e. The predicted octanol–water partition coefficient (Wildman–Crippen LogP) is 0.949. The number of aromatic amines is 1. The van der Waals surface area contributed by atoms with Crippen LogP contribution in [0.1, 0.15) is 16.2 Å². The van der Waals surface area contributed by atoms with Gasteiger partial charge >= 0.3 is 5.97 Å². The van der Waals surface area contributed by atoms with E-state index in [4.69, 9.17) is 15.8 Å². The number of carbonyl (C=O) groups is 1. The number of hydrogen-bond acceptors (Lipinski definition) is 3. The molecule has 0 saturated carbocycles. The number of aryl methyl sites for hydroxylation is 1. The van der Waals surface area contributed by atoms with Crippen molar-refractivity contribution >= 4 is 25.7 Å². The first-order valence-corrected chi connectivity index (χ1v) is 5.51. The highest BCUT2D eigenvalue weighted by Gasteiger charge is 2.18. The van der Waals surface area contributed by atoms with Gasteiger partial charge in [0.15, 0.2) is 0 Å². The van der Waals surface area contributed by atoms with Gasteiger partial charge in [-0.1, -0.05) is 0 Å². The number of hydrogen-bond donors (Lipinski definition) is 2. The van der Waals surface area contributed by atoms with Crippen molar-refractivity contribution < 1.29 is 18.3 Å². The molecule has 2 N–H and O–H groups in total. The molecule has 1 heterocycles. The summed E-state index contributed by atoms with van der Waals surface area (Å²) in [4.78, 5) is 12.6. The number of halogens is 1. The van der Waals surface area contributed by atoms with Gasteiger partial charge in [0.2, 0.25) is 0 Å². The van der Waals surface area contributed by atoms with Gasteiger partial charge < -0.3 is 10.1 Å². The molecule has 5 nitrogen and oxygen atoms in total. The monoisotopic (exact) mass is 223 g/mol. The minimum atomic E-state index is -3.87. The lowest BCUT2D eigenvalue weighted by Gasteiger charge is -1.90. The van der Waals surface area contributed by atoms with Gasteiger partial charge in [0.1, 0.15) is 10.6 Å². The molecule has 0 radical (unpaired) electrons. The maximum absolute atomic E-state index is 10.8. The maximum Gasteiger partial charge on any atom is 0.352 e. The first-order chi connectivity index (χ1) is 5.82. The summed E-state index contributed by atoms with van der Waals surface area (Å²) in [6.07, 6.45) is 0. The van der Waals surface area contributed by atoms with Crippen LogP contribution in [0.2, 0.25) is 0 Å². The summed E-state index contributed by atoms with van der Waals surface area (Å²) < 4.78 is 21.7. The van der Waals surface area contributed by atoms with Crippen molar-refractivity contribution in [2.45, 2.75) is 11.8 Å². The van der Waals surface area contributed by atoms with E-state index < -0.39 is 15.0 Å². The third-order valence-corrected chi connectivity index (χ3v) is 2.91. The van der Waals surface area contributed by atoms with Crippen LogP contribution in [-0.4, -0.2) is 24.5 Å². The Labute approximate surface area is 78.8 Å². The molecule has 0 atom stereocenters. The van der Waals surface area contributed by atoms with E-state index in [1.165, 1.54) is 6.92 Å². The van der Waals surface area contributed by atoms with Crippen LogP contribution in [0.15, 0.2) is 11.0 Å². The van der Waals surface area contributed by atoms with Crippen molar-refractivity contribution in [1.82, 2.24) is 4.98 Å². The molecule has 0 unspecified atom stereocenters. The lowest BCUT2D eigenvalue weighted by atomic mass is 10.4. The van der Waals surface area contributed by atoms with Crippen LogP contribution in [0.25, 0.3) is 0 Å². The molecule has 1 rings (SSSR count). The fraction of sp³-hybridized carbons (Fsp3) is 0.167. The molecule has 13 heavy (non-hydrogen) atoms. The zero-order valence-electron chi connectivity index (χ0n) is 6.54. The highest BCUT2D eigenvalue weighted by atomic mass is 35.7. The first-order valence-electron chi connectivity index (χ1n) is 3.20. The third-order valence-electron chi connectivity index (χ3n) is 1.46. The molecule has 0 bridgehead atoms. The molecule has 72 valence electrons. The van der Waals surface area contributed by atoms with Crippen molar-refractivity contribution in [1.29, 1.82) is 0 Å². The van der Waals surface area contributed by atoms with E-state index in [2.05, 4.69) is 4.98 Å². The molecule has 0 fully saturated rings. The molecule has 0 aliphatic rings. The SMILES string of the molecule is Cc1[nH]c(C(=O)O)cc1S(=O)(=O)Cl. The molecule has 0 aromatic carbocycles. The average molecular weight is 224 g/mol. The van der Waals surface area contributed by atoms with Crippen LogP contribution in [0.5, 0.6) is 0 Å². The summed E-state index contributed by atoms with van der Waals surface area (Å²) in [6.45, 7) is 1.43. The van der Waals surface area contributed by atoms with Crippen molar-refractivity contribution in [2.24, 2.45) is 0 Å². The van der Waals surface area contributed by atoms with Crippen molar-refractivity contribution in [3.05, 3.63) is 17.5 Å². The van der Waals surface area contributed by atoms with Crippen molar-refractivity contribution in [3.63, 3.8) is 0 Å². The van der Waals surface area contributed by atoms with Gasteiger partial charge in [-0.05, 0) is 13.0 Å². The number of rotatable bonds is 2. The Kier molecular flexibility index (Phi) is 2.36. The van der Waals surface area contributed by atoms with E-state index in [1.807, 2.05) is 0 Å². The van der Waals surface area contributed by atoms with Gasteiger partial charge in [-0.15, -0.1) is 0 Å². The average Bonchev–Trinajstić information content (AvgIpc) is 2.29. The predicted molar refractivity (Wildman–Crippen MR) is 45.5 cm³/mol. The molecule has 0 amide bonds. The molecule has 1 aromatic heterocycles. The summed E-state index contributed by atoms with van der Waals surface area (Å²) in [5, 5.41) is 8.52. The smallest absolute Gasteiger partial charge is 0.352 e. The van der Waals surface area contributed by atoms with Gasteiger partial charge in [-0.3, -0.25) is 0 Å². The van der Waals surface area contributed by atoms with Crippen LogP contribution in [-0.2, 0) is 9.05 Å². The second-order valence-corrected chi connectivity index (χ2v) is 4.95. The molecule has 0 aliphatic heterocycles.